The topological polar surface area (TPSA) is 54.5 Å². The summed E-state index contributed by atoms with van der Waals surface area (Å²) in [5.74, 6) is 0.704. The minimum Gasteiger partial charge on any atom is -0.374 e. The van der Waals surface area contributed by atoms with Gasteiger partial charge in [0.25, 0.3) is 5.91 Å². The van der Waals surface area contributed by atoms with Gasteiger partial charge in [0.1, 0.15) is 5.82 Å². The van der Waals surface area contributed by atoms with E-state index in [4.69, 9.17) is 9.72 Å². The summed E-state index contributed by atoms with van der Waals surface area (Å²) in [6.07, 6.45) is 2.44. The lowest BCUT2D eigenvalue weighted by Crippen LogP contribution is -2.28. The number of anilines is 1. The molecule has 2 aromatic carbocycles. The molecule has 0 spiro atoms. The van der Waals surface area contributed by atoms with Crippen LogP contribution in [0.2, 0.25) is 0 Å². The molecule has 156 valence electrons. The Bertz CT molecular complexity index is 1030. The van der Waals surface area contributed by atoms with E-state index >= 15 is 0 Å². The monoisotopic (exact) mass is 403 g/mol. The molecule has 0 unspecified atom stereocenters. The first-order valence-electron chi connectivity index (χ1n) is 10.7. The summed E-state index contributed by atoms with van der Waals surface area (Å²) >= 11 is 0. The predicted octanol–water partition coefficient (Wildman–Crippen LogP) is 4.69. The minimum absolute atomic E-state index is 0.0882. The fraction of sp³-hybridized carbons (Fsp3) is 0.360. The van der Waals surface area contributed by atoms with E-state index in [0.717, 1.165) is 53.8 Å². The van der Waals surface area contributed by atoms with E-state index in [1.807, 2.05) is 62.4 Å². The highest BCUT2D eigenvalue weighted by Gasteiger charge is 2.22. The summed E-state index contributed by atoms with van der Waals surface area (Å²) in [4.78, 5) is 20.3. The molecule has 4 rings (SSSR count). The molecule has 0 atom stereocenters. The third-order valence-corrected chi connectivity index (χ3v) is 5.48. The molecule has 0 aliphatic carbocycles. The van der Waals surface area contributed by atoms with Crippen molar-refractivity contribution in [3.8, 4) is 0 Å². The number of pyridine rings is 1. The fourth-order valence-electron chi connectivity index (χ4n) is 3.84. The molecule has 1 N–H and O–H groups in total. The summed E-state index contributed by atoms with van der Waals surface area (Å²) in [6, 6.07) is 18.0. The molecule has 5 heteroatoms. The number of hydrogen-bond donors (Lipinski definition) is 1. The van der Waals surface area contributed by atoms with Crippen LogP contribution < -0.4 is 10.2 Å². The number of amides is 1. The van der Waals surface area contributed by atoms with Crippen LogP contribution in [-0.2, 0) is 17.9 Å². The average molecular weight is 404 g/mol. The number of carbonyl (C=O) groups is 1. The highest BCUT2D eigenvalue weighted by molar-refractivity contribution is 6.02. The molecular weight excluding hydrogens is 374 g/mol. The lowest BCUT2D eigenvalue weighted by molar-refractivity contribution is 0.0651. The zero-order valence-electron chi connectivity index (χ0n) is 17.7. The van der Waals surface area contributed by atoms with E-state index < -0.39 is 0 Å². The number of nitrogens with zero attached hydrogens (tertiary/aromatic N) is 2. The summed E-state index contributed by atoms with van der Waals surface area (Å²) in [5, 5.41) is 4.09. The molecule has 1 amide bonds. The van der Waals surface area contributed by atoms with E-state index in [0.29, 0.717) is 18.7 Å². The number of hydrogen-bond acceptors (Lipinski definition) is 4. The van der Waals surface area contributed by atoms with Crippen LogP contribution in [0.1, 0.15) is 48.2 Å². The number of carbonyl (C=O) groups excluding carboxylic acids is 1. The van der Waals surface area contributed by atoms with Gasteiger partial charge in [-0.3, -0.25) is 4.79 Å². The third-order valence-electron chi connectivity index (χ3n) is 5.48. The molecule has 0 bridgehead atoms. The van der Waals surface area contributed by atoms with Gasteiger partial charge in [-0.05, 0) is 49.9 Å². The quantitative estimate of drug-likeness (QED) is 0.622. The van der Waals surface area contributed by atoms with Crippen molar-refractivity contribution < 1.29 is 9.53 Å². The molecule has 1 aromatic heterocycles. The van der Waals surface area contributed by atoms with Crippen LogP contribution in [0.15, 0.2) is 54.6 Å². The van der Waals surface area contributed by atoms with Crippen molar-refractivity contribution in [2.75, 3.05) is 18.0 Å². The van der Waals surface area contributed by atoms with Crippen LogP contribution in [0.25, 0.3) is 10.9 Å². The average Bonchev–Trinajstić information content (AvgIpc) is 3.30. The van der Waals surface area contributed by atoms with Gasteiger partial charge in [0.2, 0.25) is 0 Å². The normalized spacial score (nSPS) is 13.9. The summed E-state index contributed by atoms with van der Waals surface area (Å²) < 4.78 is 5.77. The smallest absolute Gasteiger partial charge is 0.255 e. The Hall–Kier alpha value is -2.92. The number of nitrogens with one attached hydrogen (secondary N) is 1. The molecule has 1 saturated heterocycles. The van der Waals surface area contributed by atoms with Gasteiger partial charge in [0.05, 0.1) is 23.8 Å². The Morgan fingerprint density at radius 1 is 1.07 bits per heavy atom. The standard InChI is InChI=1S/C25H29N3O2/c1-18(2)30-17-21-11-4-3-10-20(21)16-26-25(29)22-15-19-9-5-6-12-23(19)27-24(22)28-13-7-8-14-28/h3-6,9-12,15,18H,7-8,13-14,16-17H2,1-2H3,(H,26,29). The van der Waals surface area contributed by atoms with Gasteiger partial charge in [-0.25, -0.2) is 4.98 Å². The van der Waals surface area contributed by atoms with E-state index in [2.05, 4.69) is 16.3 Å². The SMILES string of the molecule is CC(C)OCc1ccccc1CNC(=O)c1cc2ccccc2nc1N1CCCC1. The summed E-state index contributed by atoms with van der Waals surface area (Å²) in [5.41, 5.74) is 3.74. The second-order valence-electron chi connectivity index (χ2n) is 8.06. The minimum atomic E-state index is -0.0882. The molecule has 2 heterocycles. The molecular formula is C25H29N3O2. The van der Waals surface area contributed by atoms with Gasteiger partial charge in [-0.2, -0.15) is 0 Å². The fourth-order valence-corrected chi connectivity index (χ4v) is 3.84. The lowest BCUT2D eigenvalue weighted by Gasteiger charge is -2.21. The Morgan fingerprint density at radius 3 is 2.53 bits per heavy atom. The molecule has 0 radical (unpaired) electrons. The van der Waals surface area contributed by atoms with Crippen LogP contribution >= 0.6 is 0 Å². The van der Waals surface area contributed by atoms with Crippen LogP contribution in [0.4, 0.5) is 5.82 Å². The van der Waals surface area contributed by atoms with E-state index in [-0.39, 0.29) is 12.0 Å². The van der Waals surface area contributed by atoms with Crippen molar-refractivity contribution in [2.24, 2.45) is 0 Å². The zero-order chi connectivity index (χ0) is 20.9. The van der Waals surface area contributed by atoms with Gasteiger partial charge < -0.3 is 15.0 Å². The summed E-state index contributed by atoms with van der Waals surface area (Å²) in [7, 11) is 0. The molecule has 5 nitrogen and oxygen atoms in total. The number of rotatable bonds is 7. The number of benzene rings is 2. The lowest BCUT2D eigenvalue weighted by atomic mass is 10.1. The molecule has 1 fully saturated rings. The van der Waals surface area contributed by atoms with Crippen molar-refractivity contribution in [1.82, 2.24) is 10.3 Å². The van der Waals surface area contributed by atoms with Gasteiger partial charge in [0, 0.05) is 25.0 Å². The van der Waals surface area contributed by atoms with Gasteiger partial charge in [-0.1, -0.05) is 42.5 Å². The van der Waals surface area contributed by atoms with Crippen LogP contribution in [-0.4, -0.2) is 30.1 Å². The second kappa shape index (κ2) is 9.26. The molecule has 1 aliphatic heterocycles. The number of fused-ring (bicyclic) bond motifs is 1. The van der Waals surface area contributed by atoms with E-state index in [1.54, 1.807) is 0 Å². The van der Waals surface area contributed by atoms with Gasteiger partial charge in [-0.15, -0.1) is 0 Å². The Balaban J connectivity index is 1.57. The van der Waals surface area contributed by atoms with Crippen molar-refractivity contribution in [1.29, 1.82) is 0 Å². The molecule has 3 aromatic rings. The number of para-hydroxylation sites is 1. The van der Waals surface area contributed by atoms with Crippen LogP contribution in [0.3, 0.4) is 0 Å². The van der Waals surface area contributed by atoms with Gasteiger partial charge in [0.15, 0.2) is 0 Å². The Labute approximate surface area is 178 Å². The van der Waals surface area contributed by atoms with Gasteiger partial charge >= 0.3 is 0 Å². The van der Waals surface area contributed by atoms with Crippen molar-refractivity contribution in [3.05, 3.63) is 71.3 Å². The maximum Gasteiger partial charge on any atom is 0.255 e. The molecule has 1 aliphatic rings. The Kier molecular flexibility index (Phi) is 6.29. The largest absolute Gasteiger partial charge is 0.374 e. The van der Waals surface area contributed by atoms with E-state index in [1.165, 1.54) is 0 Å². The number of ether oxygens (including phenoxy) is 1. The van der Waals surface area contributed by atoms with Crippen molar-refractivity contribution >= 4 is 22.6 Å². The van der Waals surface area contributed by atoms with E-state index in [9.17, 15) is 4.79 Å². The van der Waals surface area contributed by atoms with Crippen LogP contribution in [0, 0.1) is 0 Å². The second-order valence-corrected chi connectivity index (χ2v) is 8.06. The highest BCUT2D eigenvalue weighted by atomic mass is 16.5. The van der Waals surface area contributed by atoms with Crippen molar-refractivity contribution in [2.45, 2.75) is 45.9 Å². The highest BCUT2D eigenvalue weighted by Crippen LogP contribution is 2.26. The molecule has 30 heavy (non-hydrogen) atoms. The van der Waals surface area contributed by atoms with Crippen molar-refractivity contribution in [3.63, 3.8) is 0 Å². The maximum absolute atomic E-state index is 13.2. The number of aromatic nitrogens is 1. The first-order chi connectivity index (χ1) is 14.6. The van der Waals surface area contributed by atoms with Crippen LogP contribution in [0.5, 0.6) is 0 Å². The summed E-state index contributed by atoms with van der Waals surface area (Å²) in [6.45, 7) is 6.94. The Morgan fingerprint density at radius 2 is 1.77 bits per heavy atom. The third kappa shape index (κ3) is 4.62. The predicted molar refractivity (Wildman–Crippen MR) is 121 cm³/mol. The first-order valence-corrected chi connectivity index (χ1v) is 10.7. The maximum atomic E-state index is 13.2. The molecule has 0 saturated carbocycles. The zero-order valence-corrected chi connectivity index (χ0v) is 17.7. The first kappa shape index (κ1) is 20.4.